The SMILES string of the molecule is C=C(F)c1ccc(C(N)=O)cc1Nc1ccc(OCCOC2CCOCC2)cc1. The maximum absolute atomic E-state index is 13.7. The molecule has 7 heteroatoms. The molecule has 3 rings (SSSR count). The molecule has 1 heterocycles. The zero-order valence-corrected chi connectivity index (χ0v) is 16.2. The first-order chi connectivity index (χ1) is 14.0. The van der Waals surface area contributed by atoms with E-state index >= 15 is 0 Å². The van der Waals surface area contributed by atoms with Gasteiger partial charge in [-0.05, 0) is 55.3 Å². The Morgan fingerprint density at radius 3 is 2.55 bits per heavy atom. The van der Waals surface area contributed by atoms with E-state index < -0.39 is 11.7 Å². The van der Waals surface area contributed by atoms with Crippen molar-refractivity contribution < 1.29 is 23.4 Å². The van der Waals surface area contributed by atoms with Crippen LogP contribution in [0, 0.1) is 0 Å². The molecule has 6 nitrogen and oxygen atoms in total. The highest BCUT2D eigenvalue weighted by Crippen LogP contribution is 2.29. The molecule has 0 aromatic heterocycles. The van der Waals surface area contributed by atoms with Gasteiger partial charge in [-0.3, -0.25) is 4.79 Å². The van der Waals surface area contributed by atoms with E-state index in [2.05, 4.69) is 11.9 Å². The predicted octanol–water partition coefficient (Wildman–Crippen LogP) is 4.04. The number of hydrogen-bond donors (Lipinski definition) is 2. The highest BCUT2D eigenvalue weighted by atomic mass is 19.1. The number of anilines is 2. The number of primary amides is 1. The normalized spacial score (nSPS) is 14.4. The third-order valence-corrected chi connectivity index (χ3v) is 4.60. The number of nitrogens with one attached hydrogen (secondary N) is 1. The van der Waals surface area contributed by atoms with E-state index in [1.54, 1.807) is 24.3 Å². The molecule has 0 radical (unpaired) electrons. The molecule has 0 atom stereocenters. The first kappa shape index (κ1) is 20.8. The summed E-state index contributed by atoms with van der Waals surface area (Å²) >= 11 is 0. The Hall–Kier alpha value is -2.90. The topological polar surface area (TPSA) is 82.8 Å². The fourth-order valence-corrected chi connectivity index (χ4v) is 3.04. The lowest BCUT2D eigenvalue weighted by Gasteiger charge is -2.22. The third kappa shape index (κ3) is 6.04. The second-order valence-corrected chi connectivity index (χ2v) is 6.71. The molecular weight excluding hydrogens is 375 g/mol. The van der Waals surface area contributed by atoms with Crippen molar-refractivity contribution in [2.45, 2.75) is 18.9 Å². The molecule has 3 N–H and O–H groups in total. The highest BCUT2D eigenvalue weighted by molar-refractivity contribution is 5.95. The summed E-state index contributed by atoms with van der Waals surface area (Å²) < 4.78 is 30.5. The van der Waals surface area contributed by atoms with Crippen LogP contribution in [-0.2, 0) is 9.47 Å². The molecule has 1 aliphatic rings. The second-order valence-electron chi connectivity index (χ2n) is 6.71. The molecular formula is C22H25FN2O4. The van der Waals surface area contributed by atoms with E-state index in [0.29, 0.717) is 30.3 Å². The summed E-state index contributed by atoms with van der Waals surface area (Å²) in [6.45, 7) is 5.81. The Kier molecular flexibility index (Phi) is 7.21. The number of hydrogen-bond acceptors (Lipinski definition) is 5. The van der Waals surface area contributed by atoms with Crippen LogP contribution in [0.5, 0.6) is 5.75 Å². The maximum Gasteiger partial charge on any atom is 0.248 e. The van der Waals surface area contributed by atoms with Gasteiger partial charge in [-0.1, -0.05) is 6.58 Å². The van der Waals surface area contributed by atoms with Gasteiger partial charge in [0, 0.05) is 35.7 Å². The third-order valence-electron chi connectivity index (χ3n) is 4.60. The zero-order chi connectivity index (χ0) is 20.6. The molecule has 0 aliphatic carbocycles. The standard InChI is InChI=1S/C22H25FN2O4/c1-15(23)20-7-2-16(22(24)26)14-21(20)25-17-3-5-18(6-4-17)28-12-13-29-19-8-10-27-11-9-19/h2-7,14,19,25H,1,8-13H2,(H2,24,26). The maximum atomic E-state index is 13.7. The van der Waals surface area contributed by atoms with Crippen molar-refractivity contribution in [3.63, 3.8) is 0 Å². The monoisotopic (exact) mass is 400 g/mol. The molecule has 0 spiro atoms. The fraction of sp³-hybridized carbons (Fsp3) is 0.318. The molecule has 1 fully saturated rings. The molecule has 29 heavy (non-hydrogen) atoms. The van der Waals surface area contributed by atoms with Gasteiger partial charge in [0.25, 0.3) is 0 Å². The summed E-state index contributed by atoms with van der Waals surface area (Å²) in [5.41, 5.74) is 6.97. The van der Waals surface area contributed by atoms with E-state index in [-0.39, 0.29) is 17.2 Å². The van der Waals surface area contributed by atoms with Crippen LogP contribution in [0.2, 0.25) is 0 Å². The largest absolute Gasteiger partial charge is 0.491 e. The summed E-state index contributed by atoms with van der Waals surface area (Å²) in [4.78, 5) is 11.4. The predicted molar refractivity (Wildman–Crippen MR) is 110 cm³/mol. The molecule has 0 unspecified atom stereocenters. The van der Waals surface area contributed by atoms with Gasteiger partial charge in [-0.2, -0.15) is 0 Å². The van der Waals surface area contributed by atoms with Crippen molar-refractivity contribution in [1.29, 1.82) is 0 Å². The van der Waals surface area contributed by atoms with Gasteiger partial charge in [0.1, 0.15) is 18.2 Å². The van der Waals surface area contributed by atoms with Crippen LogP contribution in [0.15, 0.2) is 49.0 Å². The van der Waals surface area contributed by atoms with Gasteiger partial charge in [-0.25, -0.2) is 4.39 Å². The number of benzene rings is 2. The molecule has 1 aliphatic heterocycles. The molecule has 2 aromatic rings. The number of ether oxygens (including phenoxy) is 3. The summed E-state index contributed by atoms with van der Waals surface area (Å²) in [6.07, 6.45) is 2.09. The van der Waals surface area contributed by atoms with E-state index in [0.717, 1.165) is 26.1 Å². The van der Waals surface area contributed by atoms with Gasteiger partial charge in [-0.15, -0.1) is 0 Å². The van der Waals surface area contributed by atoms with Crippen molar-refractivity contribution in [2.24, 2.45) is 5.73 Å². The average Bonchev–Trinajstić information content (AvgIpc) is 2.73. The lowest BCUT2D eigenvalue weighted by atomic mass is 10.1. The Morgan fingerprint density at radius 1 is 1.17 bits per heavy atom. The Morgan fingerprint density at radius 2 is 1.90 bits per heavy atom. The number of amides is 1. The number of carbonyl (C=O) groups is 1. The first-order valence-corrected chi connectivity index (χ1v) is 9.51. The summed E-state index contributed by atoms with van der Waals surface area (Å²) in [5, 5.41) is 3.09. The average molecular weight is 400 g/mol. The zero-order valence-electron chi connectivity index (χ0n) is 16.2. The van der Waals surface area contributed by atoms with Crippen molar-refractivity contribution in [1.82, 2.24) is 0 Å². The Balaban J connectivity index is 1.55. The van der Waals surface area contributed by atoms with Crippen LogP contribution in [0.3, 0.4) is 0 Å². The summed E-state index contributed by atoms with van der Waals surface area (Å²) in [5.74, 6) is -0.490. The lowest BCUT2D eigenvalue weighted by Crippen LogP contribution is -2.25. The van der Waals surface area contributed by atoms with Crippen molar-refractivity contribution in [3.8, 4) is 5.75 Å². The van der Waals surface area contributed by atoms with E-state index in [1.807, 2.05) is 0 Å². The molecule has 0 bridgehead atoms. The summed E-state index contributed by atoms with van der Waals surface area (Å²) in [6, 6.07) is 11.7. The van der Waals surface area contributed by atoms with Crippen LogP contribution < -0.4 is 15.8 Å². The smallest absolute Gasteiger partial charge is 0.248 e. The quantitative estimate of drug-likeness (QED) is 0.621. The van der Waals surface area contributed by atoms with Crippen molar-refractivity contribution in [3.05, 3.63) is 60.2 Å². The lowest BCUT2D eigenvalue weighted by molar-refractivity contribution is -0.0388. The number of carbonyl (C=O) groups excluding carboxylic acids is 1. The number of nitrogens with two attached hydrogens (primary N) is 1. The molecule has 2 aromatic carbocycles. The minimum atomic E-state index is -0.604. The highest BCUT2D eigenvalue weighted by Gasteiger charge is 2.14. The molecule has 0 saturated carbocycles. The minimum absolute atomic E-state index is 0.245. The van der Waals surface area contributed by atoms with Crippen molar-refractivity contribution in [2.75, 3.05) is 31.7 Å². The van der Waals surface area contributed by atoms with E-state index in [4.69, 9.17) is 19.9 Å². The Bertz CT molecular complexity index is 848. The number of halogens is 1. The van der Waals surface area contributed by atoms with E-state index in [1.165, 1.54) is 18.2 Å². The van der Waals surface area contributed by atoms with Gasteiger partial charge in [0.15, 0.2) is 0 Å². The van der Waals surface area contributed by atoms with Crippen molar-refractivity contribution >= 4 is 23.1 Å². The fourth-order valence-electron chi connectivity index (χ4n) is 3.04. The van der Waals surface area contributed by atoms with Crippen LogP contribution in [-0.4, -0.2) is 38.4 Å². The first-order valence-electron chi connectivity index (χ1n) is 9.51. The Labute approximate surface area is 169 Å². The second kappa shape index (κ2) is 10.0. The van der Waals surface area contributed by atoms with Crippen LogP contribution >= 0.6 is 0 Å². The molecule has 1 saturated heterocycles. The minimum Gasteiger partial charge on any atom is -0.491 e. The number of rotatable bonds is 9. The van der Waals surface area contributed by atoms with Crippen LogP contribution in [0.25, 0.3) is 5.83 Å². The molecule has 154 valence electrons. The molecule has 1 amide bonds. The summed E-state index contributed by atoms with van der Waals surface area (Å²) in [7, 11) is 0. The van der Waals surface area contributed by atoms with Crippen LogP contribution in [0.4, 0.5) is 15.8 Å². The van der Waals surface area contributed by atoms with Gasteiger partial charge < -0.3 is 25.3 Å². The van der Waals surface area contributed by atoms with Gasteiger partial charge in [0.2, 0.25) is 5.91 Å². The van der Waals surface area contributed by atoms with E-state index in [9.17, 15) is 9.18 Å². The van der Waals surface area contributed by atoms with Gasteiger partial charge in [0.05, 0.1) is 12.7 Å². The van der Waals surface area contributed by atoms with Gasteiger partial charge >= 0.3 is 0 Å². The van der Waals surface area contributed by atoms with Crippen LogP contribution in [0.1, 0.15) is 28.8 Å².